The van der Waals surface area contributed by atoms with E-state index >= 15 is 0 Å². The highest BCUT2D eigenvalue weighted by atomic mass is 19.1. The van der Waals surface area contributed by atoms with Gasteiger partial charge < -0.3 is 9.88 Å². The van der Waals surface area contributed by atoms with Crippen molar-refractivity contribution in [3.63, 3.8) is 0 Å². The Hall–Kier alpha value is -1.91. The van der Waals surface area contributed by atoms with Gasteiger partial charge in [-0.25, -0.2) is 9.97 Å². The Morgan fingerprint density at radius 3 is 3.00 bits per heavy atom. The van der Waals surface area contributed by atoms with Crippen LogP contribution in [0.1, 0.15) is 5.69 Å². The molecule has 0 aliphatic rings. The molecular formula is C10H11FN4. The lowest BCUT2D eigenvalue weighted by molar-refractivity contribution is 0.585. The third-order valence-corrected chi connectivity index (χ3v) is 2.08. The van der Waals surface area contributed by atoms with Crippen LogP contribution in [0, 0.1) is 5.95 Å². The van der Waals surface area contributed by atoms with Crippen molar-refractivity contribution in [2.75, 3.05) is 5.32 Å². The first-order valence-corrected chi connectivity index (χ1v) is 4.57. The zero-order chi connectivity index (χ0) is 10.7. The lowest BCUT2D eigenvalue weighted by atomic mass is 10.4. The van der Waals surface area contributed by atoms with Gasteiger partial charge in [-0.3, -0.25) is 0 Å². The Balaban J connectivity index is 2.02. The first kappa shape index (κ1) is 9.64. The van der Waals surface area contributed by atoms with E-state index in [0.29, 0.717) is 12.4 Å². The molecule has 2 rings (SSSR count). The summed E-state index contributed by atoms with van der Waals surface area (Å²) >= 11 is 0. The van der Waals surface area contributed by atoms with Crippen molar-refractivity contribution in [3.8, 4) is 0 Å². The molecule has 2 aromatic heterocycles. The SMILES string of the molecule is Cn1cncc1CNc1cccc(F)n1. The predicted molar refractivity (Wildman–Crippen MR) is 54.7 cm³/mol. The molecule has 15 heavy (non-hydrogen) atoms. The standard InChI is InChI=1S/C10H11FN4/c1-15-7-12-5-8(15)6-13-10-4-2-3-9(11)14-10/h2-5,7H,6H2,1H3,(H,13,14). The van der Waals surface area contributed by atoms with E-state index in [1.54, 1.807) is 24.7 Å². The molecule has 0 saturated carbocycles. The fourth-order valence-electron chi connectivity index (χ4n) is 1.24. The molecule has 2 heterocycles. The van der Waals surface area contributed by atoms with Gasteiger partial charge in [0.05, 0.1) is 18.6 Å². The monoisotopic (exact) mass is 206 g/mol. The smallest absolute Gasteiger partial charge is 0.214 e. The van der Waals surface area contributed by atoms with Crippen LogP contribution in [0.4, 0.5) is 10.2 Å². The molecule has 0 saturated heterocycles. The predicted octanol–water partition coefficient (Wildman–Crippen LogP) is 1.57. The number of aryl methyl sites for hydroxylation is 1. The van der Waals surface area contributed by atoms with Crippen molar-refractivity contribution >= 4 is 5.82 Å². The largest absolute Gasteiger partial charge is 0.364 e. The summed E-state index contributed by atoms with van der Waals surface area (Å²) in [6.45, 7) is 0.576. The zero-order valence-corrected chi connectivity index (χ0v) is 8.31. The molecule has 0 bridgehead atoms. The highest BCUT2D eigenvalue weighted by Gasteiger charge is 1.99. The molecular weight excluding hydrogens is 195 g/mol. The first-order chi connectivity index (χ1) is 7.25. The minimum absolute atomic E-state index is 0.481. The van der Waals surface area contributed by atoms with E-state index in [-0.39, 0.29) is 0 Å². The summed E-state index contributed by atoms with van der Waals surface area (Å²) in [5.41, 5.74) is 1.01. The van der Waals surface area contributed by atoms with Gasteiger partial charge in [-0.15, -0.1) is 0 Å². The summed E-state index contributed by atoms with van der Waals surface area (Å²) in [6, 6.07) is 4.66. The van der Waals surface area contributed by atoms with E-state index in [9.17, 15) is 4.39 Å². The summed E-state index contributed by atoms with van der Waals surface area (Å²) in [7, 11) is 1.91. The quantitative estimate of drug-likeness (QED) is 0.775. The molecule has 0 amide bonds. The molecule has 0 fully saturated rings. The number of aromatic nitrogens is 3. The lowest BCUT2D eigenvalue weighted by Gasteiger charge is -2.05. The summed E-state index contributed by atoms with van der Waals surface area (Å²) in [6.07, 6.45) is 3.47. The molecule has 78 valence electrons. The van der Waals surface area contributed by atoms with Gasteiger partial charge in [0.2, 0.25) is 5.95 Å². The second-order valence-electron chi connectivity index (χ2n) is 3.19. The summed E-state index contributed by atoms with van der Waals surface area (Å²) in [5, 5.41) is 3.02. The number of rotatable bonds is 3. The summed E-state index contributed by atoms with van der Waals surface area (Å²) < 4.78 is 14.6. The fourth-order valence-corrected chi connectivity index (χ4v) is 1.24. The van der Waals surface area contributed by atoms with Gasteiger partial charge in [-0.05, 0) is 12.1 Å². The van der Waals surface area contributed by atoms with Gasteiger partial charge in [0.15, 0.2) is 0 Å². The number of hydrogen-bond acceptors (Lipinski definition) is 3. The van der Waals surface area contributed by atoms with E-state index < -0.39 is 5.95 Å². The number of nitrogens with zero attached hydrogens (tertiary/aromatic N) is 3. The van der Waals surface area contributed by atoms with Crippen LogP contribution in [0.2, 0.25) is 0 Å². The second-order valence-corrected chi connectivity index (χ2v) is 3.19. The minimum atomic E-state index is -0.481. The summed E-state index contributed by atoms with van der Waals surface area (Å²) in [4.78, 5) is 7.67. The molecule has 0 atom stereocenters. The Morgan fingerprint density at radius 1 is 1.47 bits per heavy atom. The van der Waals surface area contributed by atoms with E-state index in [2.05, 4.69) is 15.3 Å². The van der Waals surface area contributed by atoms with Crippen molar-refractivity contribution in [2.24, 2.45) is 7.05 Å². The van der Waals surface area contributed by atoms with E-state index in [0.717, 1.165) is 5.69 Å². The molecule has 0 aliphatic carbocycles. The zero-order valence-electron chi connectivity index (χ0n) is 8.31. The number of pyridine rings is 1. The topological polar surface area (TPSA) is 42.7 Å². The van der Waals surface area contributed by atoms with Crippen LogP contribution in [-0.4, -0.2) is 14.5 Å². The third-order valence-electron chi connectivity index (χ3n) is 2.08. The maximum Gasteiger partial charge on any atom is 0.214 e. The van der Waals surface area contributed by atoms with Gasteiger partial charge in [0.1, 0.15) is 5.82 Å². The third kappa shape index (κ3) is 2.31. The average molecular weight is 206 g/mol. The highest BCUT2D eigenvalue weighted by Crippen LogP contribution is 2.05. The molecule has 0 radical (unpaired) electrons. The van der Waals surface area contributed by atoms with Crippen molar-refractivity contribution in [1.82, 2.24) is 14.5 Å². The van der Waals surface area contributed by atoms with Gasteiger partial charge in [-0.1, -0.05) is 6.07 Å². The van der Waals surface area contributed by atoms with Gasteiger partial charge >= 0.3 is 0 Å². The number of anilines is 1. The molecule has 4 nitrogen and oxygen atoms in total. The molecule has 0 spiro atoms. The van der Waals surface area contributed by atoms with Crippen molar-refractivity contribution in [1.29, 1.82) is 0 Å². The molecule has 1 N–H and O–H groups in total. The number of hydrogen-bond donors (Lipinski definition) is 1. The molecule has 2 aromatic rings. The van der Waals surface area contributed by atoms with E-state index in [1.807, 2.05) is 11.6 Å². The Morgan fingerprint density at radius 2 is 2.33 bits per heavy atom. The summed E-state index contributed by atoms with van der Waals surface area (Å²) in [5.74, 6) is 0.0428. The van der Waals surface area contributed by atoms with Crippen LogP contribution >= 0.6 is 0 Å². The van der Waals surface area contributed by atoms with Crippen LogP contribution in [0.3, 0.4) is 0 Å². The van der Waals surface area contributed by atoms with E-state index in [4.69, 9.17) is 0 Å². The highest BCUT2D eigenvalue weighted by molar-refractivity contribution is 5.33. The van der Waals surface area contributed by atoms with Crippen LogP contribution in [0.5, 0.6) is 0 Å². The fraction of sp³-hybridized carbons (Fsp3) is 0.200. The van der Waals surface area contributed by atoms with Gasteiger partial charge in [0, 0.05) is 13.2 Å². The molecule has 5 heteroatoms. The minimum Gasteiger partial charge on any atom is -0.364 e. The van der Waals surface area contributed by atoms with E-state index in [1.165, 1.54) is 6.07 Å². The lowest BCUT2D eigenvalue weighted by Crippen LogP contribution is -2.05. The molecule has 0 aromatic carbocycles. The van der Waals surface area contributed by atoms with Crippen molar-refractivity contribution in [2.45, 2.75) is 6.54 Å². The Bertz CT molecular complexity index is 452. The Kier molecular flexibility index (Phi) is 2.62. The number of imidazole rings is 1. The Labute approximate surface area is 86.8 Å². The first-order valence-electron chi connectivity index (χ1n) is 4.57. The number of halogens is 1. The van der Waals surface area contributed by atoms with Gasteiger partial charge in [-0.2, -0.15) is 4.39 Å². The van der Waals surface area contributed by atoms with Crippen molar-refractivity contribution < 1.29 is 4.39 Å². The molecule has 0 aliphatic heterocycles. The normalized spacial score (nSPS) is 10.3. The van der Waals surface area contributed by atoms with Crippen LogP contribution in [0.25, 0.3) is 0 Å². The van der Waals surface area contributed by atoms with Crippen molar-refractivity contribution in [3.05, 3.63) is 42.4 Å². The maximum absolute atomic E-state index is 12.7. The van der Waals surface area contributed by atoms with Crippen LogP contribution in [-0.2, 0) is 13.6 Å². The van der Waals surface area contributed by atoms with Crippen LogP contribution < -0.4 is 5.32 Å². The van der Waals surface area contributed by atoms with Crippen LogP contribution in [0.15, 0.2) is 30.7 Å². The number of nitrogens with one attached hydrogen (secondary N) is 1. The molecule has 0 unspecified atom stereocenters. The van der Waals surface area contributed by atoms with Gasteiger partial charge in [0.25, 0.3) is 0 Å². The maximum atomic E-state index is 12.7. The average Bonchev–Trinajstić information content (AvgIpc) is 2.61. The second kappa shape index (κ2) is 4.08.